The largest absolute Gasteiger partial charge is 0.444 e. The van der Waals surface area contributed by atoms with Crippen LogP contribution in [0.5, 0.6) is 0 Å². The van der Waals surface area contributed by atoms with Gasteiger partial charge in [0, 0.05) is 6.54 Å². The van der Waals surface area contributed by atoms with E-state index in [9.17, 15) is 14.4 Å². The second kappa shape index (κ2) is 6.07. The van der Waals surface area contributed by atoms with E-state index >= 15 is 0 Å². The minimum atomic E-state index is -0.577. The molecule has 1 aromatic rings. The van der Waals surface area contributed by atoms with Gasteiger partial charge in [-0.05, 0) is 32.9 Å². The fraction of sp³-hybridized carbons (Fsp3) is 0.474. The lowest BCUT2D eigenvalue weighted by atomic mass is 10.0. The van der Waals surface area contributed by atoms with Gasteiger partial charge in [-0.3, -0.25) is 14.5 Å². The van der Waals surface area contributed by atoms with Gasteiger partial charge in [-0.1, -0.05) is 17.3 Å². The van der Waals surface area contributed by atoms with Gasteiger partial charge in [0.25, 0.3) is 11.8 Å². The Bertz CT molecular complexity index is 822. The number of likely N-dealkylation sites (tertiary alicyclic amines) is 1. The van der Waals surface area contributed by atoms with Crippen molar-refractivity contribution in [3.05, 3.63) is 35.4 Å². The number of hydrogen-bond acceptors (Lipinski definition) is 6. The Morgan fingerprint density at radius 2 is 1.81 bits per heavy atom. The van der Waals surface area contributed by atoms with E-state index < -0.39 is 11.7 Å². The zero-order chi connectivity index (χ0) is 19.3. The third-order valence-corrected chi connectivity index (χ3v) is 4.85. The molecule has 3 aliphatic rings. The van der Waals surface area contributed by atoms with Crippen LogP contribution >= 0.6 is 0 Å². The maximum absolute atomic E-state index is 12.5. The van der Waals surface area contributed by atoms with Gasteiger partial charge >= 0.3 is 6.09 Å². The number of amides is 3. The van der Waals surface area contributed by atoms with Gasteiger partial charge in [0.15, 0.2) is 6.10 Å². The zero-order valence-corrected chi connectivity index (χ0v) is 15.5. The Morgan fingerprint density at radius 3 is 2.41 bits per heavy atom. The van der Waals surface area contributed by atoms with Crippen molar-refractivity contribution in [3.8, 4) is 0 Å². The summed E-state index contributed by atoms with van der Waals surface area (Å²) in [5.41, 5.74) is 0.827. The van der Waals surface area contributed by atoms with E-state index in [-0.39, 0.29) is 30.4 Å². The van der Waals surface area contributed by atoms with Crippen molar-refractivity contribution in [2.75, 3.05) is 19.6 Å². The van der Waals surface area contributed by atoms with Crippen molar-refractivity contribution < 1.29 is 24.0 Å². The summed E-state index contributed by atoms with van der Waals surface area (Å²) < 4.78 is 5.40. The van der Waals surface area contributed by atoms with Gasteiger partial charge < -0.3 is 14.5 Å². The third-order valence-electron chi connectivity index (χ3n) is 4.85. The Morgan fingerprint density at radius 1 is 1.19 bits per heavy atom. The lowest BCUT2D eigenvalue weighted by Crippen LogP contribution is -2.39. The molecular weight excluding hydrogens is 350 g/mol. The number of carbonyl (C=O) groups is 3. The fourth-order valence-electron chi connectivity index (χ4n) is 3.57. The SMILES string of the molecule is CC(C)(C)OC(=O)N1C[C@@H]2C(CN3C(=O)c4ccccc4C3=O)=NO[C@@H]2C1. The van der Waals surface area contributed by atoms with E-state index in [1.54, 1.807) is 29.2 Å². The molecule has 3 aliphatic heterocycles. The number of carbonyl (C=O) groups excluding carboxylic acids is 3. The predicted molar refractivity (Wildman–Crippen MR) is 95.4 cm³/mol. The van der Waals surface area contributed by atoms with Crippen LogP contribution < -0.4 is 0 Å². The number of rotatable bonds is 2. The van der Waals surface area contributed by atoms with Crippen LogP contribution in [-0.4, -0.2) is 64.8 Å². The Kier molecular flexibility index (Phi) is 3.94. The lowest BCUT2D eigenvalue weighted by molar-refractivity contribution is 0.0227. The highest BCUT2D eigenvalue weighted by Crippen LogP contribution is 2.30. The van der Waals surface area contributed by atoms with Crippen LogP contribution in [0.3, 0.4) is 0 Å². The maximum Gasteiger partial charge on any atom is 0.410 e. The molecule has 1 aromatic carbocycles. The minimum absolute atomic E-state index is 0.0652. The van der Waals surface area contributed by atoms with Crippen LogP contribution in [-0.2, 0) is 9.57 Å². The van der Waals surface area contributed by atoms with E-state index in [1.165, 1.54) is 4.90 Å². The van der Waals surface area contributed by atoms with E-state index in [0.717, 1.165) is 0 Å². The molecule has 3 amide bonds. The van der Waals surface area contributed by atoms with Crippen molar-refractivity contribution >= 4 is 23.6 Å². The molecular formula is C19H21N3O5. The number of imide groups is 1. The van der Waals surface area contributed by atoms with Crippen LogP contribution in [0.2, 0.25) is 0 Å². The second-order valence-electron chi connectivity index (χ2n) is 7.96. The first kappa shape index (κ1) is 17.5. The summed E-state index contributed by atoms with van der Waals surface area (Å²) in [6.45, 7) is 6.26. The Balaban J connectivity index is 1.44. The first-order valence-corrected chi connectivity index (χ1v) is 8.90. The molecule has 4 rings (SSSR count). The van der Waals surface area contributed by atoms with Crippen LogP contribution in [0.4, 0.5) is 4.79 Å². The molecule has 3 heterocycles. The lowest BCUT2D eigenvalue weighted by Gasteiger charge is -2.24. The normalized spacial score (nSPS) is 23.9. The highest BCUT2D eigenvalue weighted by atomic mass is 16.6. The molecule has 8 nitrogen and oxygen atoms in total. The topological polar surface area (TPSA) is 88.5 Å². The van der Waals surface area contributed by atoms with Crippen molar-refractivity contribution in [2.45, 2.75) is 32.5 Å². The number of fused-ring (bicyclic) bond motifs is 2. The van der Waals surface area contributed by atoms with Gasteiger partial charge in [0.05, 0.1) is 35.8 Å². The average molecular weight is 371 g/mol. The average Bonchev–Trinajstić information content (AvgIpc) is 3.24. The molecule has 0 aromatic heterocycles. The summed E-state index contributed by atoms with van der Waals surface area (Å²) in [7, 11) is 0. The molecule has 0 bridgehead atoms. The number of oxime groups is 1. The number of benzene rings is 1. The quantitative estimate of drug-likeness (QED) is 0.741. The van der Waals surface area contributed by atoms with Crippen LogP contribution in [0.15, 0.2) is 29.4 Å². The fourth-order valence-corrected chi connectivity index (χ4v) is 3.57. The molecule has 0 aliphatic carbocycles. The van der Waals surface area contributed by atoms with E-state index in [1.807, 2.05) is 20.8 Å². The number of hydrogen-bond donors (Lipinski definition) is 0. The standard InChI is InChI=1S/C19H21N3O5/c1-19(2,3)26-18(25)21-8-13-14(20-27-15(13)10-21)9-22-16(23)11-6-4-5-7-12(11)17(22)24/h4-7,13,15H,8-10H2,1-3H3/t13-,15-/m1/s1. The predicted octanol–water partition coefficient (Wildman–Crippen LogP) is 1.90. The monoisotopic (exact) mass is 371 g/mol. The Hall–Kier alpha value is -2.90. The van der Waals surface area contributed by atoms with Crippen molar-refractivity contribution in [3.63, 3.8) is 0 Å². The molecule has 0 spiro atoms. The van der Waals surface area contributed by atoms with Gasteiger partial charge in [-0.2, -0.15) is 0 Å². The molecule has 0 saturated carbocycles. The zero-order valence-electron chi connectivity index (χ0n) is 15.5. The molecule has 8 heteroatoms. The smallest absolute Gasteiger partial charge is 0.410 e. The summed E-state index contributed by atoms with van der Waals surface area (Å²) in [6, 6.07) is 6.75. The van der Waals surface area contributed by atoms with Crippen molar-refractivity contribution in [1.29, 1.82) is 0 Å². The summed E-state index contributed by atoms with van der Waals surface area (Å²) in [5, 5.41) is 4.08. The molecule has 0 unspecified atom stereocenters. The van der Waals surface area contributed by atoms with Crippen LogP contribution in [0, 0.1) is 5.92 Å². The first-order valence-electron chi connectivity index (χ1n) is 8.90. The van der Waals surface area contributed by atoms with Gasteiger partial charge in [0.1, 0.15) is 5.60 Å². The van der Waals surface area contributed by atoms with Crippen LogP contribution in [0.25, 0.3) is 0 Å². The van der Waals surface area contributed by atoms with Crippen molar-refractivity contribution in [1.82, 2.24) is 9.80 Å². The maximum atomic E-state index is 12.5. The summed E-state index contributed by atoms with van der Waals surface area (Å²) in [6.07, 6.45) is -0.678. The summed E-state index contributed by atoms with van der Waals surface area (Å²) >= 11 is 0. The molecule has 1 fully saturated rings. The molecule has 27 heavy (non-hydrogen) atoms. The highest BCUT2D eigenvalue weighted by molar-refractivity contribution is 6.22. The van der Waals surface area contributed by atoms with Gasteiger partial charge in [0.2, 0.25) is 0 Å². The summed E-state index contributed by atoms with van der Waals surface area (Å²) in [5.74, 6) is -0.811. The Labute approximate surface area is 156 Å². The van der Waals surface area contributed by atoms with Gasteiger partial charge in [-0.25, -0.2) is 4.79 Å². The highest BCUT2D eigenvalue weighted by Gasteiger charge is 2.47. The number of ether oxygens (including phenoxy) is 1. The molecule has 0 N–H and O–H groups in total. The molecule has 142 valence electrons. The first-order chi connectivity index (χ1) is 12.7. The molecule has 2 atom stereocenters. The third kappa shape index (κ3) is 3.05. The second-order valence-corrected chi connectivity index (χ2v) is 7.96. The molecule has 1 saturated heterocycles. The van der Waals surface area contributed by atoms with E-state index in [2.05, 4.69) is 5.16 Å². The van der Waals surface area contributed by atoms with E-state index in [0.29, 0.717) is 29.9 Å². The van der Waals surface area contributed by atoms with Gasteiger partial charge in [-0.15, -0.1) is 0 Å². The minimum Gasteiger partial charge on any atom is -0.444 e. The number of nitrogens with zero attached hydrogens (tertiary/aromatic N) is 3. The van der Waals surface area contributed by atoms with E-state index in [4.69, 9.17) is 9.57 Å². The molecule has 0 radical (unpaired) electrons. The van der Waals surface area contributed by atoms with Crippen molar-refractivity contribution in [2.24, 2.45) is 11.1 Å². The van der Waals surface area contributed by atoms with Crippen LogP contribution in [0.1, 0.15) is 41.5 Å². The summed E-state index contributed by atoms with van der Waals surface area (Å²) in [4.78, 5) is 45.6.